The van der Waals surface area contributed by atoms with Gasteiger partial charge in [0.25, 0.3) is 0 Å². The monoisotopic (exact) mass is 345 g/mol. The molecule has 0 aliphatic carbocycles. The number of imidazole rings is 1. The van der Waals surface area contributed by atoms with E-state index in [0.717, 1.165) is 42.4 Å². The van der Waals surface area contributed by atoms with Crippen molar-refractivity contribution >= 4 is 17.7 Å². The van der Waals surface area contributed by atoms with E-state index in [4.69, 9.17) is 4.74 Å². The van der Waals surface area contributed by atoms with Crippen LogP contribution in [0, 0.1) is 0 Å². The van der Waals surface area contributed by atoms with Crippen molar-refractivity contribution in [3.05, 3.63) is 36.5 Å². The number of benzene rings is 1. The number of ether oxygens (including phenoxy) is 1. The molecule has 0 bridgehead atoms. The van der Waals surface area contributed by atoms with Gasteiger partial charge in [0.2, 0.25) is 5.91 Å². The fourth-order valence-corrected chi connectivity index (χ4v) is 3.83. The van der Waals surface area contributed by atoms with E-state index in [9.17, 15) is 4.79 Å². The molecule has 1 fully saturated rings. The lowest BCUT2D eigenvalue weighted by Gasteiger charge is -2.17. The third kappa shape index (κ3) is 3.82. The van der Waals surface area contributed by atoms with Crippen molar-refractivity contribution in [1.82, 2.24) is 14.9 Å². The summed E-state index contributed by atoms with van der Waals surface area (Å²) < 4.78 is 8.00. The molecule has 1 saturated heterocycles. The Kier molecular flexibility index (Phi) is 5.58. The van der Waals surface area contributed by atoms with Crippen molar-refractivity contribution in [3.63, 3.8) is 0 Å². The number of aromatic nitrogens is 2. The minimum Gasteiger partial charge on any atom is -0.376 e. The molecule has 0 saturated carbocycles. The molecule has 2 aromatic rings. The molecule has 1 N–H and O–H groups in total. The predicted molar refractivity (Wildman–Crippen MR) is 96.0 cm³/mol. The first-order chi connectivity index (χ1) is 11.7. The van der Waals surface area contributed by atoms with Crippen LogP contribution in [-0.4, -0.2) is 40.5 Å². The lowest BCUT2D eigenvalue weighted by atomic mass is 10.1. The summed E-state index contributed by atoms with van der Waals surface area (Å²) in [4.78, 5) is 16.4. The Labute approximate surface area is 146 Å². The third-order valence-electron chi connectivity index (χ3n) is 4.20. The Bertz CT molecular complexity index is 681. The number of amides is 1. The molecule has 3 rings (SSSR count). The maximum atomic E-state index is 11.9. The van der Waals surface area contributed by atoms with Crippen molar-refractivity contribution in [3.8, 4) is 11.3 Å². The second kappa shape index (κ2) is 7.85. The minimum absolute atomic E-state index is 0.00734. The molecule has 1 aromatic heterocycles. The molecule has 1 amide bonds. The van der Waals surface area contributed by atoms with E-state index in [1.807, 2.05) is 31.3 Å². The summed E-state index contributed by atoms with van der Waals surface area (Å²) in [7, 11) is 1.66. The summed E-state index contributed by atoms with van der Waals surface area (Å²) >= 11 is 1.49. The summed E-state index contributed by atoms with van der Waals surface area (Å²) in [5.41, 5.74) is 2.19. The number of nitrogens with one attached hydrogen (secondary N) is 1. The van der Waals surface area contributed by atoms with E-state index in [1.54, 1.807) is 7.05 Å². The Balaban J connectivity index is 1.90. The first kappa shape index (κ1) is 17.0. The molecule has 24 heavy (non-hydrogen) atoms. The Morgan fingerprint density at radius 2 is 2.25 bits per heavy atom. The lowest BCUT2D eigenvalue weighted by molar-refractivity contribution is -0.119. The molecule has 0 unspecified atom stereocenters. The van der Waals surface area contributed by atoms with Crippen LogP contribution in [0.4, 0.5) is 0 Å². The van der Waals surface area contributed by atoms with Gasteiger partial charge in [0.15, 0.2) is 5.16 Å². The Morgan fingerprint density at radius 3 is 2.92 bits per heavy atom. The summed E-state index contributed by atoms with van der Waals surface area (Å²) in [6.45, 7) is 3.50. The van der Waals surface area contributed by atoms with E-state index < -0.39 is 0 Å². The van der Waals surface area contributed by atoms with Crippen LogP contribution in [0.25, 0.3) is 11.3 Å². The SMILES string of the molecule is CNC(=O)[C@@H](C)Sc1ncc(-c2ccccc2)n1C[C@@H]1CCCO1. The summed E-state index contributed by atoms with van der Waals surface area (Å²) in [5, 5.41) is 3.37. The number of carbonyl (C=O) groups excluding carboxylic acids is 1. The number of rotatable bonds is 6. The maximum absolute atomic E-state index is 11.9. The van der Waals surface area contributed by atoms with Crippen LogP contribution in [0.3, 0.4) is 0 Å². The van der Waals surface area contributed by atoms with Crippen LogP contribution in [0.15, 0.2) is 41.7 Å². The van der Waals surface area contributed by atoms with Gasteiger partial charge in [-0.1, -0.05) is 42.1 Å². The van der Waals surface area contributed by atoms with E-state index in [2.05, 4.69) is 27.0 Å². The standard InChI is InChI=1S/C18H23N3O2S/c1-13(17(22)19-2)24-18-20-11-16(14-7-4-3-5-8-14)21(18)12-15-9-6-10-23-15/h3-5,7-8,11,13,15H,6,9-10,12H2,1-2H3,(H,19,22)/t13-,15+/m1/s1. The molecule has 1 aromatic carbocycles. The van der Waals surface area contributed by atoms with Crippen LogP contribution in [0.5, 0.6) is 0 Å². The van der Waals surface area contributed by atoms with E-state index >= 15 is 0 Å². The first-order valence-electron chi connectivity index (χ1n) is 8.30. The molecule has 1 aliphatic rings. The van der Waals surface area contributed by atoms with Gasteiger partial charge in [-0.25, -0.2) is 4.98 Å². The maximum Gasteiger partial charge on any atom is 0.233 e. The number of carbonyl (C=O) groups is 1. The molecule has 2 heterocycles. The summed E-state index contributed by atoms with van der Waals surface area (Å²) in [6.07, 6.45) is 4.29. The normalized spacial score (nSPS) is 18.5. The number of nitrogens with zero attached hydrogens (tertiary/aromatic N) is 2. The number of hydrogen-bond donors (Lipinski definition) is 1. The molecule has 6 heteroatoms. The van der Waals surface area contributed by atoms with E-state index in [1.165, 1.54) is 11.8 Å². The van der Waals surface area contributed by atoms with Crippen molar-refractivity contribution in [2.75, 3.05) is 13.7 Å². The second-order valence-corrected chi connectivity index (χ2v) is 7.22. The van der Waals surface area contributed by atoms with Gasteiger partial charge >= 0.3 is 0 Å². The average molecular weight is 345 g/mol. The van der Waals surface area contributed by atoms with Gasteiger partial charge in [-0.15, -0.1) is 0 Å². The van der Waals surface area contributed by atoms with Gasteiger partial charge < -0.3 is 14.6 Å². The zero-order chi connectivity index (χ0) is 16.9. The smallest absolute Gasteiger partial charge is 0.233 e. The summed E-state index contributed by atoms with van der Waals surface area (Å²) in [6, 6.07) is 10.2. The highest BCUT2D eigenvalue weighted by Crippen LogP contribution is 2.30. The molecule has 5 nitrogen and oxygen atoms in total. The predicted octanol–water partition coefficient (Wildman–Crippen LogP) is 2.96. The van der Waals surface area contributed by atoms with Crippen LogP contribution in [0.1, 0.15) is 19.8 Å². The molecule has 0 radical (unpaired) electrons. The number of thioether (sulfide) groups is 1. The van der Waals surface area contributed by atoms with Crippen molar-refractivity contribution in [1.29, 1.82) is 0 Å². The largest absolute Gasteiger partial charge is 0.376 e. The first-order valence-corrected chi connectivity index (χ1v) is 9.18. The topological polar surface area (TPSA) is 56.2 Å². The van der Waals surface area contributed by atoms with Gasteiger partial charge in [0, 0.05) is 13.7 Å². The lowest BCUT2D eigenvalue weighted by Crippen LogP contribution is -2.27. The molecular formula is C18H23N3O2S. The van der Waals surface area contributed by atoms with Gasteiger partial charge in [-0.2, -0.15) is 0 Å². The molecule has 2 atom stereocenters. The van der Waals surface area contributed by atoms with Gasteiger partial charge in [0.05, 0.1) is 29.8 Å². The zero-order valence-electron chi connectivity index (χ0n) is 14.1. The van der Waals surface area contributed by atoms with Crippen molar-refractivity contribution in [2.45, 2.75) is 42.8 Å². The highest BCUT2D eigenvalue weighted by Gasteiger charge is 2.23. The molecular weight excluding hydrogens is 322 g/mol. The highest BCUT2D eigenvalue weighted by atomic mass is 32.2. The van der Waals surface area contributed by atoms with Gasteiger partial charge in [0.1, 0.15) is 0 Å². The van der Waals surface area contributed by atoms with Crippen LogP contribution >= 0.6 is 11.8 Å². The van der Waals surface area contributed by atoms with Crippen molar-refractivity contribution in [2.24, 2.45) is 0 Å². The Hall–Kier alpha value is -1.79. The third-order valence-corrected chi connectivity index (χ3v) is 5.30. The molecule has 1 aliphatic heterocycles. The zero-order valence-corrected chi connectivity index (χ0v) is 14.9. The van der Waals surface area contributed by atoms with E-state index in [0.29, 0.717) is 0 Å². The average Bonchev–Trinajstić information content (AvgIpc) is 3.26. The fraction of sp³-hybridized carbons (Fsp3) is 0.444. The van der Waals surface area contributed by atoms with Crippen molar-refractivity contribution < 1.29 is 9.53 Å². The Morgan fingerprint density at radius 1 is 1.46 bits per heavy atom. The quantitative estimate of drug-likeness (QED) is 0.818. The highest BCUT2D eigenvalue weighted by molar-refractivity contribution is 8.00. The van der Waals surface area contributed by atoms with E-state index in [-0.39, 0.29) is 17.3 Å². The van der Waals surface area contributed by atoms with Crippen LogP contribution in [0.2, 0.25) is 0 Å². The van der Waals surface area contributed by atoms with Crippen LogP contribution < -0.4 is 5.32 Å². The summed E-state index contributed by atoms with van der Waals surface area (Å²) in [5.74, 6) is 0.00734. The molecule has 128 valence electrons. The van der Waals surface area contributed by atoms with Gasteiger partial charge in [-0.05, 0) is 25.3 Å². The van der Waals surface area contributed by atoms with Gasteiger partial charge in [-0.3, -0.25) is 4.79 Å². The minimum atomic E-state index is -0.190. The fourth-order valence-electron chi connectivity index (χ4n) is 2.88. The number of hydrogen-bond acceptors (Lipinski definition) is 4. The molecule has 0 spiro atoms. The van der Waals surface area contributed by atoms with Crippen LogP contribution in [-0.2, 0) is 16.1 Å². The second-order valence-electron chi connectivity index (χ2n) is 5.91.